The maximum absolute atomic E-state index is 12.3. The number of ether oxygens (including phenoxy) is 1. The number of hydrogen-bond donors (Lipinski definition) is 1. The normalized spacial score (nSPS) is 11.5. The predicted octanol–water partition coefficient (Wildman–Crippen LogP) is 3.87. The number of Topliss-reactive ketones (excluding diaryl/α,β-unsaturated/α-hetero) is 1. The molecule has 0 saturated carbocycles. The lowest BCUT2D eigenvalue weighted by Gasteiger charge is -2.17. The second kappa shape index (κ2) is 8.68. The van der Waals surface area contributed by atoms with Gasteiger partial charge in [-0.25, -0.2) is 4.79 Å². The number of amides is 1. The van der Waals surface area contributed by atoms with Gasteiger partial charge in [0.25, 0.3) is 0 Å². The molecule has 28 heavy (non-hydrogen) atoms. The highest BCUT2D eigenvalue weighted by Gasteiger charge is 2.25. The summed E-state index contributed by atoms with van der Waals surface area (Å²) in [6, 6.07) is 3.45. The lowest BCUT2D eigenvalue weighted by Crippen LogP contribution is -2.34. The van der Waals surface area contributed by atoms with E-state index in [1.807, 2.05) is 34.6 Å². The van der Waals surface area contributed by atoms with Crippen LogP contribution >= 0.6 is 11.3 Å². The van der Waals surface area contributed by atoms with E-state index in [1.54, 1.807) is 19.1 Å². The minimum absolute atomic E-state index is 0.0254. The molecule has 2 aromatic heterocycles. The van der Waals surface area contributed by atoms with Gasteiger partial charge >= 0.3 is 5.97 Å². The van der Waals surface area contributed by atoms with Crippen molar-refractivity contribution < 1.29 is 23.6 Å². The molecule has 8 heteroatoms. The van der Waals surface area contributed by atoms with Crippen molar-refractivity contribution >= 4 is 29.0 Å². The van der Waals surface area contributed by atoms with Crippen LogP contribution in [0.1, 0.15) is 76.9 Å². The largest absolute Gasteiger partial charge is 0.454 e. The standard InChI is InChI=1S/C20H26N2O5S/c1-11(2)17-16(12(3)22-27-17)18(24)26-10-14(23)15-8-7-13(28-15)9-21-19(25)20(4,5)6/h7-8,11H,9-10H2,1-6H3,(H,21,25). The first-order valence-electron chi connectivity index (χ1n) is 9.04. The van der Waals surface area contributed by atoms with Gasteiger partial charge in [0.05, 0.1) is 17.1 Å². The van der Waals surface area contributed by atoms with E-state index >= 15 is 0 Å². The van der Waals surface area contributed by atoms with E-state index in [9.17, 15) is 14.4 Å². The van der Waals surface area contributed by atoms with E-state index in [4.69, 9.17) is 9.26 Å². The summed E-state index contributed by atoms with van der Waals surface area (Å²) >= 11 is 1.27. The summed E-state index contributed by atoms with van der Waals surface area (Å²) < 4.78 is 10.3. The Hall–Kier alpha value is -2.48. The Kier molecular flexibility index (Phi) is 6.77. The Labute approximate surface area is 168 Å². The molecule has 0 saturated heterocycles. The fourth-order valence-corrected chi connectivity index (χ4v) is 3.23. The summed E-state index contributed by atoms with van der Waals surface area (Å²) in [5.41, 5.74) is 0.243. The second-order valence-electron chi connectivity index (χ2n) is 7.86. The molecule has 0 unspecified atom stereocenters. The molecule has 0 aliphatic heterocycles. The van der Waals surface area contributed by atoms with E-state index < -0.39 is 11.4 Å². The fraction of sp³-hybridized carbons (Fsp3) is 0.500. The zero-order chi connectivity index (χ0) is 21.1. The van der Waals surface area contributed by atoms with Crippen LogP contribution in [0.25, 0.3) is 0 Å². The minimum Gasteiger partial charge on any atom is -0.454 e. The SMILES string of the molecule is Cc1noc(C(C)C)c1C(=O)OCC(=O)c1ccc(CNC(=O)C(C)(C)C)s1. The quantitative estimate of drug-likeness (QED) is 0.554. The van der Waals surface area contributed by atoms with Crippen molar-refractivity contribution in [1.29, 1.82) is 0 Å². The third kappa shape index (κ3) is 5.28. The van der Waals surface area contributed by atoms with Gasteiger partial charge in [0.1, 0.15) is 5.56 Å². The number of nitrogens with one attached hydrogen (secondary N) is 1. The van der Waals surface area contributed by atoms with Crippen molar-refractivity contribution in [3.8, 4) is 0 Å². The van der Waals surface area contributed by atoms with Crippen molar-refractivity contribution in [1.82, 2.24) is 10.5 Å². The summed E-state index contributed by atoms with van der Waals surface area (Å²) in [6.45, 7) is 10.9. The van der Waals surface area contributed by atoms with E-state index in [0.717, 1.165) is 4.88 Å². The van der Waals surface area contributed by atoms with Crippen LogP contribution in [0.3, 0.4) is 0 Å². The first kappa shape index (κ1) is 21.8. The van der Waals surface area contributed by atoms with Crippen LogP contribution in [0.2, 0.25) is 0 Å². The molecule has 152 valence electrons. The minimum atomic E-state index is -0.620. The van der Waals surface area contributed by atoms with E-state index in [-0.39, 0.29) is 29.8 Å². The molecule has 0 fully saturated rings. The van der Waals surface area contributed by atoms with Gasteiger partial charge in [0, 0.05) is 16.2 Å². The monoisotopic (exact) mass is 406 g/mol. The average Bonchev–Trinajstić information content (AvgIpc) is 3.23. The molecule has 2 aromatic rings. The van der Waals surface area contributed by atoms with Gasteiger partial charge in [-0.1, -0.05) is 39.8 Å². The van der Waals surface area contributed by atoms with Gasteiger partial charge in [-0.15, -0.1) is 11.3 Å². The van der Waals surface area contributed by atoms with Gasteiger partial charge in [0.2, 0.25) is 11.7 Å². The van der Waals surface area contributed by atoms with Crippen LogP contribution < -0.4 is 5.32 Å². The molecule has 0 aliphatic carbocycles. The molecule has 0 spiro atoms. The predicted molar refractivity (Wildman–Crippen MR) is 106 cm³/mol. The number of carbonyl (C=O) groups is 3. The number of aryl methyl sites for hydroxylation is 1. The molecule has 1 amide bonds. The molecule has 0 bridgehead atoms. The van der Waals surface area contributed by atoms with Crippen molar-refractivity contribution in [3.05, 3.63) is 38.9 Å². The summed E-state index contributed by atoms with van der Waals surface area (Å²) in [5.74, 6) is -0.560. The number of thiophene rings is 1. The highest BCUT2D eigenvalue weighted by Crippen LogP contribution is 2.23. The molecule has 2 rings (SSSR count). The smallest absolute Gasteiger partial charge is 0.344 e. The molecule has 1 N–H and O–H groups in total. The van der Waals surface area contributed by atoms with Crippen LogP contribution in [0.4, 0.5) is 0 Å². The highest BCUT2D eigenvalue weighted by atomic mass is 32.1. The Bertz CT molecular complexity index is 874. The Morgan fingerprint density at radius 2 is 1.93 bits per heavy atom. The Morgan fingerprint density at radius 1 is 1.25 bits per heavy atom. The van der Waals surface area contributed by atoms with Crippen LogP contribution in [-0.2, 0) is 16.1 Å². The third-order valence-corrected chi connectivity index (χ3v) is 5.12. The van der Waals surface area contributed by atoms with Gasteiger partial charge in [-0.2, -0.15) is 0 Å². The molecule has 0 aliphatic rings. The average molecular weight is 407 g/mol. The summed E-state index contributed by atoms with van der Waals surface area (Å²) in [7, 11) is 0. The van der Waals surface area contributed by atoms with Crippen LogP contribution in [0, 0.1) is 12.3 Å². The van der Waals surface area contributed by atoms with Crippen molar-refractivity contribution in [2.45, 2.75) is 54.0 Å². The summed E-state index contributed by atoms with van der Waals surface area (Å²) in [4.78, 5) is 37.9. The van der Waals surface area contributed by atoms with Crippen molar-refractivity contribution in [3.63, 3.8) is 0 Å². The van der Waals surface area contributed by atoms with Crippen LogP contribution in [0.5, 0.6) is 0 Å². The zero-order valence-corrected chi connectivity index (χ0v) is 17.9. The summed E-state index contributed by atoms with van der Waals surface area (Å²) in [5, 5.41) is 6.65. The molecular weight excluding hydrogens is 380 g/mol. The maximum Gasteiger partial charge on any atom is 0.344 e. The number of nitrogens with zero attached hydrogens (tertiary/aromatic N) is 1. The van der Waals surface area contributed by atoms with Crippen molar-refractivity contribution in [2.75, 3.05) is 6.61 Å². The van der Waals surface area contributed by atoms with E-state index in [2.05, 4.69) is 10.5 Å². The molecular formula is C20H26N2O5S. The molecule has 0 radical (unpaired) electrons. The second-order valence-corrected chi connectivity index (χ2v) is 9.03. The molecule has 7 nitrogen and oxygen atoms in total. The fourth-order valence-electron chi connectivity index (χ4n) is 2.36. The topological polar surface area (TPSA) is 98.5 Å². The first-order valence-corrected chi connectivity index (χ1v) is 9.85. The summed E-state index contributed by atoms with van der Waals surface area (Å²) in [6.07, 6.45) is 0. The van der Waals surface area contributed by atoms with Gasteiger partial charge < -0.3 is 14.6 Å². The van der Waals surface area contributed by atoms with Crippen LogP contribution in [-0.4, -0.2) is 29.4 Å². The number of rotatable bonds is 7. The van der Waals surface area contributed by atoms with E-state index in [0.29, 0.717) is 22.9 Å². The third-order valence-electron chi connectivity index (χ3n) is 3.99. The number of ketones is 1. The van der Waals surface area contributed by atoms with Gasteiger partial charge in [-0.05, 0) is 19.1 Å². The number of aromatic nitrogens is 1. The van der Waals surface area contributed by atoms with Crippen molar-refractivity contribution in [2.24, 2.45) is 5.41 Å². The highest BCUT2D eigenvalue weighted by molar-refractivity contribution is 7.14. The number of esters is 1. The maximum atomic E-state index is 12.3. The zero-order valence-electron chi connectivity index (χ0n) is 17.0. The number of hydrogen-bond acceptors (Lipinski definition) is 7. The first-order chi connectivity index (χ1) is 13.0. The van der Waals surface area contributed by atoms with E-state index in [1.165, 1.54) is 11.3 Å². The molecule has 0 aromatic carbocycles. The van der Waals surface area contributed by atoms with Gasteiger partial charge in [0.15, 0.2) is 12.4 Å². The van der Waals surface area contributed by atoms with Gasteiger partial charge in [-0.3, -0.25) is 9.59 Å². The molecule has 0 atom stereocenters. The lowest BCUT2D eigenvalue weighted by molar-refractivity contribution is -0.128. The lowest BCUT2D eigenvalue weighted by atomic mass is 9.96. The number of carbonyl (C=O) groups excluding carboxylic acids is 3. The molecule has 2 heterocycles. The van der Waals surface area contributed by atoms with Crippen LogP contribution in [0.15, 0.2) is 16.7 Å². The Balaban J connectivity index is 1.94. The Morgan fingerprint density at radius 3 is 2.54 bits per heavy atom.